The first-order valence-electron chi connectivity index (χ1n) is 11.1. The third-order valence-electron chi connectivity index (χ3n) is 6.77. The molecular weight excluding hydrogens is 464 g/mol. The fourth-order valence-electron chi connectivity index (χ4n) is 4.52. The van der Waals surface area contributed by atoms with Gasteiger partial charge in [0.25, 0.3) is 10.0 Å². The van der Waals surface area contributed by atoms with E-state index in [4.69, 9.17) is 16.3 Å². The summed E-state index contributed by atoms with van der Waals surface area (Å²) in [5, 5.41) is 19.0. The number of ether oxygens (including phenoxy) is 1. The standard InChI is InChI=1S/C24H23ClN2O5S/c25-19-11-22(32-21-8-7-17(21)13-1-2-13)20(9-16(19)12-26)27-33(30,31)23-10-15(24(28)29)5-6-18(23)14-3-4-14/h5-6,9-11,13-14,17,21,27H,1-4,7-8H2,(H,28,29). The van der Waals surface area contributed by atoms with Crippen molar-refractivity contribution in [2.75, 3.05) is 4.72 Å². The number of hydrogen-bond acceptors (Lipinski definition) is 5. The highest BCUT2D eigenvalue weighted by Gasteiger charge is 2.44. The van der Waals surface area contributed by atoms with Crippen molar-refractivity contribution in [2.24, 2.45) is 11.8 Å². The fourth-order valence-corrected chi connectivity index (χ4v) is 6.10. The molecule has 3 aliphatic rings. The molecule has 0 aromatic heterocycles. The second kappa shape index (κ2) is 8.23. The van der Waals surface area contributed by atoms with Gasteiger partial charge in [0, 0.05) is 6.07 Å². The van der Waals surface area contributed by atoms with Crippen LogP contribution in [0.4, 0.5) is 5.69 Å². The Bertz CT molecular complexity index is 1280. The van der Waals surface area contributed by atoms with Gasteiger partial charge < -0.3 is 9.84 Å². The van der Waals surface area contributed by atoms with Crippen molar-refractivity contribution in [2.45, 2.75) is 55.4 Å². The van der Waals surface area contributed by atoms with Crippen molar-refractivity contribution in [1.29, 1.82) is 5.26 Å². The van der Waals surface area contributed by atoms with Crippen LogP contribution in [0.5, 0.6) is 5.75 Å². The molecule has 2 aromatic rings. The van der Waals surface area contributed by atoms with E-state index in [-0.39, 0.29) is 44.5 Å². The summed E-state index contributed by atoms with van der Waals surface area (Å²) in [7, 11) is -4.15. The number of carbonyl (C=O) groups is 1. The van der Waals surface area contributed by atoms with Gasteiger partial charge in [0.15, 0.2) is 0 Å². The van der Waals surface area contributed by atoms with Gasteiger partial charge >= 0.3 is 5.97 Å². The average molecular weight is 487 g/mol. The van der Waals surface area contributed by atoms with Gasteiger partial charge in [0.2, 0.25) is 0 Å². The molecule has 2 unspecified atom stereocenters. The topological polar surface area (TPSA) is 116 Å². The van der Waals surface area contributed by atoms with E-state index in [0.717, 1.165) is 25.7 Å². The monoisotopic (exact) mass is 486 g/mol. The second-order valence-corrected chi connectivity index (χ2v) is 11.2. The van der Waals surface area contributed by atoms with Crippen LogP contribution in [0.15, 0.2) is 35.2 Å². The summed E-state index contributed by atoms with van der Waals surface area (Å²) in [6.45, 7) is 0. The first kappa shape index (κ1) is 22.1. The van der Waals surface area contributed by atoms with Crippen LogP contribution in [0, 0.1) is 23.2 Å². The molecule has 3 saturated carbocycles. The van der Waals surface area contributed by atoms with E-state index in [0.29, 0.717) is 17.4 Å². The van der Waals surface area contributed by atoms with Crippen LogP contribution in [-0.2, 0) is 10.0 Å². The highest BCUT2D eigenvalue weighted by molar-refractivity contribution is 7.92. The number of hydrogen-bond donors (Lipinski definition) is 2. The normalized spacial score (nSPS) is 22.2. The maximum Gasteiger partial charge on any atom is 0.335 e. The molecule has 172 valence electrons. The largest absolute Gasteiger partial charge is 0.488 e. The molecule has 0 spiro atoms. The van der Waals surface area contributed by atoms with Crippen LogP contribution in [0.1, 0.15) is 65.9 Å². The molecule has 9 heteroatoms. The number of carboxylic acid groups (broad SMARTS) is 1. The number of benzene rings is 2. The van der Waals surface area contributed by atoms with E-state index >= 15 is 0 Å². The summed E-state index contributed by atoms with van der Waals surface area (Å²) in [5.41, 5.74) is 0.736. The molecular formula is C24H23ClN2O5S. The van der Waals surface area contributed by atoms with E-state index in [2.05, 4.69) is 4.72 Å². The van der Waals surface area contributed by atoms with Crippen LogP contribution in [0.2, 0.25) is 5.02 Å². The van der Waals surface area contributed by atoms with Crippen LogP contribution in [0.25, 0.3) is 0 Å². The number of nitrogens with zero attached hydrogens (tertiary/aromatic N) is 1. The Morgan fingerprint density at radius 2 is 1.88 bits per heavy atom. The van der Waals surface area contributed by atoms with Crippen LogP contribution in [0.3, 0.4) is 0 Å². The summed E-state index contributed by atoms with van der Waals surface area (Å²) < 4.78 is 35.6. The molecule has 0 saturated heterocycles. The minimum Gasteiger partial charge on any atom is -0.488 e. The van der Waals surface area contributed by atoms with E-state index in [1.165, 1.54) is 37.1 Å². The third kappa shape index (κ3) is 4.40. The van der Waals surface area contributed by atoms with Crippen molar-refractivity contribution < 1.29 is 23.1 Å². The highest BCUT2D eigenvalue weighted by atomic mass is 35.5. The summed E-state index contributed by atoms with van der Waals surface area (Å²) >= 11 is 6.23. The SMILES string of the molecule is N#Cc1cc(NS(=O)(=O)c2cc(C(=O)O)ccc2C2CC2)c(OC2CCC2C2CC2)cc1Cl. The van der Waals surface area contributed by atoms with Gasteiger partial charge in [-0.05, 0) is 80.0 Å². The summed E-state index contributed by atoms with van der Waals surface area (Å²) in [5.74, 6) is 0.284. The number of nitriles is 1. The summed E-state index contributed by atoms with van der Waals surface area (Å²) in [4.78, 5) is 11.4. The Kier molecular flexibility index (Phi) is 5.50. The lowest BCUT2D eigenvalue weighted by Gasteiger charge is -2.37. The molecule has 2 aromatic carbocycles. The molecule has 0 radical (unpaired) electrons. The first-order chi connectivity index (χ1) is 15.8. The van der Waals surface area contributed by atoms with Crippen LogP contribution >= 0.6 is 11.6 Å². The lowest BCUT2D eigenvalue weighted by Crippen LogP contribution is -2.38. The Labute approximate surface area is 197 Å². The maximum absolute atomic E-state index is 13.4. The van der Waals surface area contributed by atoms with Gasteiger partial charge in [0.05, 0.1) is 26.7 Å². The number of aromatic carboxylic acids is 1. The Morgan fingerprint density at radius 1 is 1.12 bits per heavy atom. The molecule has 0 aliphatic heterocycles. The molecule has 0 bridgehead atoms. The summed E-state index contributed by atoms with van der Waals surface area (Å²) in [6.07, 6.45) is 6.07. The van der Waals surface area contributed by atoms with Crippen molar-refractivity contribution in [3.63, 3.8) is 0 Å². The molecule has 3 aliphatic carbocycles. The number of halogens is 1. The number of rotatable bonds is 8. The summed E-state index contributed by atoms with van der Waals surface area (Å²) in [6, 6.07) is 9.01. The van der Waals surface area contributed by atoms with Crippen molar-refractivity contribution in [1.82, 2.24) is 0 Å². The van der Waals surface area contributed by atoms with Gasteiger partial charge in [-0.3, -0.25) is 4.72 Å². The third-order valence-corrected chi connectivity index (χ3v) is 8.50. The smallest absolute Gasteiger partial charge is 0.335 e. The van der Waals surface area contributed by atoms with Gasteiger partial charge in [-0.25, -0.2) is 13.2 Å². The molecule has 5 rings (SSSR count). The average Bonchev–Trinajstić information content (AvgIpc) is 3.66. The Balaban J connectivity index is 1.51. The van der Waals surface area contributed by atoms with Crippen LogP contribution < -0.4 is 9.46 Å². The van der Waals surface area contributed by atoms with E-state index in [1.54, 1.807) is 6.07 Å². The van der Waals surface area contributed by atoms with Crippen molar-refractivity contribution in [3.05, 3.63) is 52.0 Å². The lowest BCUT2D eigenvalue weighted by atomic mass is 9.78. The van der Waals surface area contributed by atoms with Gasteiger partial charge in [-0.15, -0.1) is 0 Å². The minimum absolute atomic E-state index is 0.0119. The zero-order valence-electron chi connectivity index (χ0n) is 17.8. The molecule has 7 nitrogen and oxygen atoms in total. The second-order valence-electron chi connectivity index (χ2n) is 9.11. The molecule has 2 atom stereocenters. The molecule has 3 fully saturated rings. The van der Waals surface area contributed by atoms with Gasteiger partial charge in [0.1, 0.15) is 17.9 Å². The van der Waals surface area contributed by atoms with Crippen molar-refractivity contribution >= 4 is 33.3 Å². The zero-order valence-corrected chi connectivity index (χ0v) is 19.3. The Morgan fingerprint density at radius 3 is 2.45 bits per heavy atom. The number of carboxylic acids is 1. The molecule has 33 heavy (non-hydrogen) atoms. The van der Waals surface area contributed by atoms with E-state index in [9.17, 15) is 23.6 Å². The number of nitrogens with one attached hydrogen (secondary N) is 1. The minimum atomic E-state index is -4.15. The van der Waals surface area contributed by atoms with E-state index in [1.807, 2.05) is 6.07 Å². The molecule has 2 N–H and O–H groups in total. The van der Waals surface area contributed by atoms with Crippen LogP contribution in [-0.4, -0.2) is 25.6 Å². The predicted octanol–water partition coefficient (Wildman–Crippen LogP) is 5.16. The maximum atomic E-state index is 13.4. The highest BCUT2D eigenvalue weighted by Crippen LogP contribution is 2.49. The number of anilines is 1. The van der Waals surface area contributed by atoms with Gasteiger partial charge in [-0.2, -0.15) is 5.26 Å². The first-order valence-corrected chi connectivity index (χ1v) is 12.9. The fraction of sp³-hybridized carbons (Fsp3) is 0.417. The van der Waals surface area contributed by atoms with Crippen molar-refractivity contribution in [3.8, 4) is 11.8 Å². The molecule has 0 heterocycles. The zero-order chi connectivity index (χ0) is 23.3. The van der Waals surface area contributed by atoms with E-state index < -0.39 is 16.0 Å². The quantitative estimate of drug-likeness (QED) is 0.532. The van der Waals surface area contributed by atoms with Gasteiger partial charge in [-0.1, -0.05) is 17.7 Å². The molecule has 0 amide bonds. The number of sulfonamides is 1. The Hall–Kier alpha value is -2.76. The predicted molar refractivity (Wildman–Crippen MR) is 122 cm³/mol. The lowest BCUT2D eigenvalue weighted by molar-refractivity contribution is 0.0340.